The van der Waals surface area contributed by atoms with Crippen molar-refractivity contribution >= 4 is 17.5 Å². The molecule has 0 aliphatic rings. The molecule has 0 unspecified atom stereocenters. The second kappa shape index (κ2) is 8.13. The number of nitrogens with one attached hydrogen (secondary N) is 2. The van der Waals surface area contributed by atoms with Gasteiger partial charge in [0, 0.05) is 26.1 Å². The molecule has 0 atom stereocenters. The summed E-state index contributed by atoms with van der Waals surface area (Å²) in [6.45, 7) is -0.231. The van der Waals surface area contributed by atoms with E-state index in [4.69, 9.17) is 0 Å². The van der Waals surface area contributed by atoms with Gasteiger partial charge >= 0.3 is 6.18 Å². The van der Waals surface area contributed by atoms with Gasteiger partial charge in [-0.15, -0.1) is 0 Å². The van der Waals surface area contributed by atoms with Gasteiger partial charge in [-0.05, 0) is 12.1 Å². The maximum absolute atomic E-state index is 12.1. The van der Waals surface area contributed by atoms with Crippen molar-refractivity contribution < 1.29 is 32.4 Å². The Labute approximate surface area is 134 Å². The van der Waals surface area contributed by atoms with E-state index in [1.807, 2.05) is 0 Å². The fourth-order valence-corrected chi connectivity index (χ4v) is 1.62. The highest BCUT2D eigenvalue weighted by molar-refractivity contribution is 5.98. The minimum atomic E-state index is -4.58. The molecular formula is C13H14F3N3O5. The summed E-state index contributed by atoms with van der Waals surface area (Å²) in [4.78, 5) is 32.7. The number of alkyl halides is 3. The third-order valence-corrected chi connectivity index (χ3v) is 2.60. The molecular weight excluding hydrogens is 335 g/mol. The molecule has 2 N–H and O–H groups in total. The summed E-state index contributed by atoms with van der Waals surface area (Å²) < 4.78 is 40.9. The number of benzene rings is 1. The Morgan fingerprint density at radius 1 is 1.25 bits per heavy atom. The number of ether oxygens (including phenoxy) is 1. The lowest BCUT2D eigenvalue weighted by Gasteiger charge is -2.11. The second-order valence-electron chi connectivity index (χ2n) is 4.58. The monoisotopic (exact) mass is 349 g/mol. The maximum atomic E-state index is 12.1. The van der Waals surface area contributed by atoms with E-state index in [1.54, 1.807) is 0 Å². The molecule has 0 bridgehead atoms. The molecule has 0 spiro atoms. The fraction of sp³-hybridized carbons (Fsp3) is 0.385. The number of nitro benzene ring substituents is 1. The van der Waals surface area contributed by atoms with Crippen molar-refractivity contribution in [3.05, 3.63) is 33.9 Å². The summed E-state index contributed by atoms with van der Waals surface area (Å²) in [6.07, 6.45) is -4.58. The van der Waals surface area contributed by atoms with E-state index < -0.39 is 34.9 Å². The first kappa shape index (κ1) is 19.2. The van der Waals surface area contributed by atoms with Crippen LogP contribution in [0.5, 0.6) is 5.75 Å². The first-order valence-electron chi connectivity index (χ1n) is 6.61. The van der Waals surface area contributed by atoms with E-state index in [-0.39, 0.29) is 24.7 Å². The first-order chi connectivity index (χ1) is 11.1. The average molecular weight is 349 g/mol. The largest absolute Gasteiger partial charge is 0.484 e. The summed E-state index contributed by atoms with van der Waals surface area (Å²) in [5.74, 6) is -1.52. The molecule has 1 aromatic rings. The van der Waals surface area contributed by atoms with Gasteiger partial charge in [0.15, 0.2) is 6.61 Å². The fourth-order valence-electron chi connectivity index (χ4n) is 1.62. The van der Waals surface area contributed by atoms with Crippen LogP contribution in [0.15, 0.2) is 18.2 Å². The van der Waals surface area contributed by atoms with Gasteiger partial charge in [0.05, 0.1) is 4.92 Å². The number of amides is 2. The van der Waals surface area contributed by atoms with E-state index in [0.717, 1.165) is 18.2 Å². The normalized spacial score (nSPS) is 10.8. The molecule has 8 nitrogen and oxygen atoms in total. The number of nitrogens with zero attached hydrogens (tertiary/aromatic N) is 1. The number of halogens is 3. The number of carbonyl (C=O) groups is 2. The van der Waals surface area contributed by atoms with Crippen LogP contribution >= 0.6 is 0 Å². The summed E-state index contributed by atoms with van der Waals surface area (Å²) in [6, 6.07) is 2.71. The van der Waals surface area contributed by atoms with Gasteiger partial charge in [0.2, 0.25) is 5.91 Å². The predicted molar refractivity (Wildman–Crippen MR) is 75.7 cm³/mol. The molecule has 0 aromatic heterocycles. The van der Waals surface area contributed by atoms with Crippen LogP contribution in [0.2, 0.25) is 0 Å². The Bertz CT molecular complexity index is 634. The minimum absolute atomic E-state index is 0.0107. The lowest BCUT2D eigenvalue weighted by Crippen LogP contribution is -2.33. The molecule has 0 saturated heterocycles. The van der Waals surface area contributed by atoms with E-state index in [0.29, 0.717) is 0 Å². The Hall–Kier alpha value is -2.85. The second-order valence-corrected chi connectivity index (χ2v) is 4.58. The Morgan fingerprint density at radius 3 is 2.42 bits per heavy atom. The number of carbonyl (C=O) groups excluding carboxylic acids is 2. The van der Waals surface area contributed by atoms with Gasteiger partial charge < -0.3 is 15.4 Å². The van der Waals surface area contributed by atoms with E-state index in [2.05, 4.69) is 15.4 Å². The van der Waals surface area contributed by atoms with Crippen LogP contribution in [0.4, 0.5) is 18.9 Å². The highest BCUT2D eigenvalue weighted by Crippen LogP contribution is 2.25. The van der Waals surface area contributed by atoms with Crippen LogP contribution in [-0.4, -0.2) is 42.6 Å². The Kier molecular flexibility index (Phi) is 6.50. The van der Waals surface area contributed by atoms with Gasteiger partial charge in [0.1, 0.15) is 11.3 Å². The highest BCUT2D eigenvalue weighted by Gasteiger charge is 2.29. The van der Waals surface area contributed by atoms with Crippen molar-refractivity contribution in [3.8, 4) is 5.75 Å². The van der Waals surface area contributed by atoms with E-state index in [1.165, 1.54) is 6.92 Å². The summed E-state index contributed by atoms with van der Waals surface area (Å²) in [5.41, 5.74) is -1.02. The van der Waals surface area contributed by atoms with Gasteiger partial charge in [-0.3, -0.25) is 19.7 Å². The third kappa shape index (κ3) is 6.50. The van der Waals surface area contributed by atoms with Gasteiger partial charge in [0.25, 0.3) is 11.6 Å². The van der Waals surface area contributed by atoms with Crippen LogP contribution in [0, 0.1) is 10.1 Å². The number of rotatable bonds is 7. The van der Waals surface area contributed by atoms with Crippen LogP contribution in [-0.2, 0) is 4.79 Å². The number of hydrogen-bond donors (Lipinski definition) is 2. The predicted octanol–water partition coefficient (Wildman–Crippen LogP) is 1.40. The SMILES string of the molecule is CC(=O)NCCNC(=O)c1cc(OCC(F)(F)F)ccc1[N+](=O)[O-]. The Balaban J connectivity index is 2.86. The molecule has 1 rings (SSSR count). The van der Waals surface area contributed by atoms with Crippen molar-refractivity contribution in [1.82, 2.24) is 10.6 Å². The highest BCUT2D eigenvalue weighted by atomic mass is 19.4. The zero-order valence-corrected chi connectivity index (χ0v) is 12.5. The lowest BCUT2D eigenvalue weighted by molar-refractivity contribution is -0.385. The van der Waals surface area contributed by atoms with Crippen molar-refractivity contribution in [2.75, 3.05) is 19.7 Å². The van der Waals surface area contributed by atoms with Crippen LogP contribution < -0.4 is 15.4 Å². The standard InChI is InChI=1S/C13H14F3N3O5/c1-8(20)17-4-5-18-12(21)10-6-9(24-7-13(14,15)16)2-3-11(10)19(22)23/h2-3,6H,4-5,7H2,1H3,(H,17,20)(H,18,21). The van der Waals surface area contributed by atoms with Crippen molar-refractivity contribution in [3.63, 3.8) is 0 Å². The van der Waals surface area contributed by atoms with Gasteiger partial charge in [-0.25, -0.2) is 0 Å². The molecule has 0 heterocycles. The zero-order chi connectivity index (χ0) is 18.3. The van der Waals surface area contributed by atoms with Gasteiger partial charge in [-0.1, -0.05) is 0 Å². The van der Waals surface area contributed by atoms with E-state index in [9.17, 15) is 32.9 Å². The quantitative estimate of drug-likeness (QED) is 0.439. The number of hydrogen-bond acceptors (Lipinski definition) is 5. The van der Waals surface area contributed by atoms with E-state index >= 15 is 0 Å². The summed E-state index contributed by atoms with van der Waals surface area (Å²) >= 11 is 0. The molecule has 1 aromatic carbocycles. The lowest BCUT2D eigenvalue weighted by atomic mass is 10.1. The maximum Gasteiger partial charge on any atom is 0.422 e. The smallest absolute Gasteiger partial charge is 0.422 e. The molecule has 132 valence electrons. The van der Waals surface area contributed by atoms with Crippen molar-refractivity contribution in [2.45, 2.75) is 13.1 Å². The molecule has 0 aliphatic heterocycles. The molecule has 2 amide bonds. The van der Waals surface area contributed by atoms with Crippen LogP contribution in [0.3, 0.4) is 0 Å². The molecule has 11 heteroatoms. The molecule has 24 heavy (non-hydrogen) atoms. The average Bonchev–Trinajstić information content (AvgIpc) is 2.48. The third-order valence-electron chi connectivity index (χ3n) is 2.60. The van der Waals surface area contributed by atoms with Crippen LogP contribution in [0.1, 0.15) is 17.3 Å². The Morgan fingerprint density at radius 2 is 1.88 bits per heavy atom. The first-order valence-corrected chi connectivity index (χ1v) is 6.61. The van der Waals surface area contributed by atoms with Crippen molar-refractivity contribution in [2.24, 2.45) is 0 Å². The zero-order valence-electron chi connectivity index (χ0n) is 12.5. The van der Waals surface area contributed by atoms with Crippen molar-refractivity contribution in [1.29, 1.82) is 0 Å². The molecule has 0 aliphatic carbocycles. The molecule has 0 radical (unpaired) electrons. The summed E-state index contributed by atoms with van der Waals surface area (Å²) in [7, 11) is 0. The summed E-state index contributed by atoms with van der Waals surface area (Å²) in [5, 5.41) is 15.6. The minimum Gasteiger partial charge on any atom is -0.484 e. The van der Waals surface area contributed by atoms with Crippen LogP contribution in [0.25, 0.3) is 0 Å². The molecule has 0 fully saturated rings. The number of nitro groups is 1. The molecule has 0 saturated carbocycles. The van der Waals surface area contributed by atoms with Gasteiger partial charge in [-0.2, -0.15) is 13.2 Å². The topological polar surface area (TPSA) is 111 Å².